The summed E-state index contributed by atoms with van der Waals surface area (Å²) < 4.78 is 28.5. The van der Waals surface area contributed by atoms with Gasteiger partial charge < -0.3 is 5.32 Å². The maximum Gasteiger partial charge on any atom is 0.267 e. The van der Waals surface area contributed by atoms with Gasteiger partial charge in [-0.1, -0.05) is 59.6 Å². The first-order chi connectivity index (χ1) is 13.9. The zero-order valence-electron chi connectivity index (χ0n) is 15.8. The molecule has 1 unspecified atom stereocenters. The molecule has 0 aromatic heterocycles. The van der Waals surface area contributed by atoms with Gasteiger partial charge in [-0.05, 0) is 48.9 Å². The zero-order chi connectivity index (χ0) is 20.4. The molecule has 1 atom stereocenters. The van der Waals surface area contributed by atoms with E-state index in [9.17, 15) is 8.42 Å². The van der Waals surface area contributed by atoms with Crippen LogP contribution in [0.2, 0.25) is 5.02 Å². The summed E-state index contributed by atoms with van der Waals surface area (Å²) in [5.41, 5.74) is 2.60. The maximum absolute atomic E-state index is 13.6. The second kappa shape index (κ2) is 7.89. The molecule has 0 spiro atoms. The summed E-state index contributed by atoms with van der Waals surface area (Å²) in [5, 5.41) is 3.76. The van der Waals surface area contributed by atoms with Gasteiger partial charge in [-0.3, -0.25) is 0 Å². The van der Waals surface area contributed by atoms with Crippen LogP contribution in [0.3, 0.4) is 0 Å². The van der Waals surface area contributed by atoms with Crippen molar-refractivity contribution in [2.75, 3.05) is 11.9 Å². The molecule has 4 rings (SSSR count). The van der Waals surface area contributed by atoms with Gasteiger partial charge in [0.1, 0.15) is 0 Å². The number of hydrogen-bond acceptors (Lipinski definition) is 4. The lowest BCUT2D eigenvalue weighted by molar-refractivity contribution is 0.469. The van der Waals surface area contributed by atoms with Crippen LogP contribution in [-0.4, -0.2) is 25.2 Å². The van der Waals surface area contributed by atoms with E-state index in [0.717, 1.165) is 16.8 Å². The van der Waals surface area contributed by atoms with Gasteiger partial charge in [-0.2, -0.15) is 0 Å². The van der Waals surface area contributed by atoms with Crippen LogP contribution in [0, 0.1) is 6.92 Å². The van der Waals surface area contributed by atoms with Crippen molar-refractivity contribution in [3.8, 4) is 0 Å². The topological polar surface area (TPSA) is 61.8 Å². The molecule has 0 saturated carbocycles. The summed E-state index contributed by atoms with van der Waals surface area (Å²) in [6, 6.07) is 23.0. The third-order valence-electron chi connectivity index (χ3n) is 4.77. The van der Waals surface area contributed by atoms with Crippen molar-refractivity contribution in [2.45, 2.75) is 17.9 Å². The maximum atomic E-state index is 13.6. The van der Waals surface area contributed by atoms with Crippen LogP contribution in [0.4, 0.5) is 5.69 Å². The van der Waals surface area contributed by atoms with Crippen molar-refractivity contribution in [2.24, 2.45) is 4.99 Å². The molecule has 0 bridgehead atoms. The molecule has 3 aromatic rings. The standard InChI is InChI=1S/C22H20ClN3O2S/c1-16-7-13-20(14-8-16)29(27,28)26-21(17-9-11-18(23)12-10-17)15-24-22(26)25-19-5-3-2-4-6-19/h2-14,21H,15H2,1H3,(H,24,25). The molecule has 5 nitrogen and oxygen atoms in total. The molecule has 29 heavy (non-hydrogen) atoms. The lowest BCUT2D eigenvalue weighted by atomic mass is 10.1. The Kier molecular flexibility index (Phi) is 5.30. The van der Waals surface area contributed by atoms with E-state index in [1.807, 2.05) is 49.4 Å². The fraction of sp³-hybridized carbons (Fsp3) is 0.136. The lowest BCUT2D eigenvalue weighted by Gasteiger charge is -2.28. The summed E-state index contributed by atoms with van der Waals surface area (Å²) in [4.78, 5) is 4.75. The fourth-order valence-corrected chi connectivity index (χ4v) is 4.93. The number of sulfonamides is 1. The summed E-state index contributed by atoms with van der Waals surface area (Å²) >= 11 is 6.02. The average molecular weight is 426 g/mol. The van der Waals surface area contributed by atoms with E-state index in [1.54, 1.807) is 36.4 Å². The number of guanidine groups is 1. The number of benzene rings is 3. The molecular weight excluding hydrogens is 406 g/mol. The Morgan fingerprint density at radius 2 is 1.62 bits per heavy atom. The largest absolute Gasteiger partial charge is 0.325 e. The highest BCUT2D eigenvalue weighted by molar-refractivity contribution is 7.89. The highest BCUT2D eigenvalue weighted by atomic mass is 35.5. The molecule has 148 valence electrons. The van der Waals surface area contributed by atoms with Crippen molar-refractivity contribution < 1.29 is 8.42 Å². The lowest BCUT2D eigenvalue weighted by Crippen LogP contribution is -2.40. The van der Waals surface area contributed by atoms with Crippen molar-refractivity contribution in [1.29, 1.82) is 0 Å². The Morgan fingerprint density at radius 3 is 2.28 bits per heavy atom. The number of para-hydroxylation sites is 1. The minimum atomic E-state index is -3.83. The Morgan fingerprint density at radius 1 is 0.966 bits per heavy atom. The number of aryl methyl sites for hydroxylation is 1. The third-order valence-corrected chi connectivity index (χ3v) is 6.83. The monoisotopic (exact) mass is 425 g/mol. The molecular formula is C22H20ClN3O2S. The minimum Gasteiger partial charge on any atom is -0.325 e. The first-order valence-electron chi connectivity index (χ1n) is 9.18. The highest BCUT2D eigenvalue weighted by Crippen LogP contribution is 2.33. The SMILES string of the molecule is Cc1ccc(S(=O)(=O)N2C(Nc3ccccc3)=NCC2c2ccc(Cl)cc2)cc1. The van der Waals surface area contributed by atoms with Gasteiger partial charge in [-0.25, -0.2) is 17.7 Å². The van der Waals surface area contributed by atoms with E-state index < -0.39 is 16.1 Å². The summed E-state index contributed by atoms with van der Waals surface area (Å²) in [7, 11) is -3.83. The Bertz CT molecular complexity index is 1130. The molecule has 1 N–H and O–H groups in total. The van der Waals surface area contributed by atoms with Gasteiger partial charge in [0, 0.05) is 10.7 Å². The van der Waals surface area contributed by atoms with E-state index in [-0.39, 0.29) is 4.90 Å². The number of hydrogen-bond donors (Lipinski definition) is 1. The predicted molar refractivity (Wildman–Crippen MR) is 117 cm³/mol. The van der Waals surface area contributed by atoms with Crippen molar-refractivity contribution >= 4 is 33.3 Å². The molecule has 0 amide bonds. The van der Waals surface area contributed by atoms with Crippen LogP contribution in [0.25, 0.3) is 0 Å². The van der Waals surface area contributed by atoms with E-state index in [0.29, 0.717) is 17.5 Å². The number of rotatable bonds is 4. The molecule has 0 radical (unpaired) electrons. The molecule has 1 aliphatic heterocycles. The van der Waals surface area contributed by atoms with Gasteiger partial charge in [0.15, 0.2) is 0 Å². The number of anilines is 1. The Balaban J connectivity index is 1.76. The van der Waals surface area contributed by atoms with E-state index in [4.69, 9.17) is 11.6 Å². The molecule has 1 aliphatic rings. The zero-order valence-corrected chi connectivity index (χ0v) is 17.4. The van der Waals surface area contributed by atoms with Crippen molar-refractivity contribution in [1.82, 2.24) is 4.31 Å². The number of nitrogens with zero attached hydrogens (tertiary/aromatic N) is 2. The molecule has 1 heterocycles. The van der Waals surface area contributed by atoms with Crippen LogP contribution >= 0.6 is 11.6 Å². The minimum absolute atomic E-state index is 0.228. The van der Waals surface area contributed by atoms with Crippen LogP contribution in [-0.2, 0) is 10.0 Å². The smallest absolute Gasteiger partial charge is 0.267 e. The van der Waals surface area contributed by atoms with E-state index >= 15 is 0 Å². The van der Waals surface area contributed by atoms with E-state index in [2.05, 4.69) is 10.3 Å². The molecule has 0 saturated heterocycles. The number of aliphatic imine (C=N–C) groups is 1. The third kappa shape index (κ3) is 3.99. The highest BCUT2D eigenvalue weighted by Gasteiger charge is 2.39. The van der Waals surface area contributed by atoms with Crippen LogP contribution in [0.1, 0.15) is 17.2 Å². The van der Waals surface area contributed by atoms with Gasteiger partial charge in [-0.15, -0.1) is 0 Å². The normalized spacial score (nSPS) is 16.6. The summed E-state index contributed by atoms with van der Waals surface area (Å²) in [6.45, 7) is 2.24. The first-order valence-corrected chi connectivity index (χ1v) is 11.0. The molecule has 7 heteroatoms. The number of halogens is 1. The molecule has 0 aliphatic carbocycles. The number of nitrogens with one attached hydrogen (secondary N) is 1. The fourth-order valence-electron chi connectivity index (χ4n) is 3.24. The predicted octanol–water partition coefficient (Wildman–Crippen LogP) is 4.86. The van der Waals surface area contributed by atoms with Gasteiger partial charge in [0.05, 0.1) is 17.5 Å². The van der Waals surface area contributed by atoms with Crippen LogP contribution in [0.15, 0.2) is 88.8 Å². The van der Waals surface area contributed by atoms with E-state index in [1.165, 1.54) is 4.31 Å². The van der Waals surface area contributed by atoms with Gasteiger partial charge in [0.2, 0.25) is 5.96 Å². The van der Waals surface area contributed by atoms with Crippen molar-refractivity contribution in [3.63, 3.8) is 0 Å². The second-order valence-corrected chi connectivity index (χ2v) is 9.09. The average Bonchev–Trinajstić information content (AvgIpc) is 3.14. The Hall–Kier alpha value is -2.83. The van der Waals surface area contributed by atoms with Crippen molar-refractivity contribution in [3.05, 3.63) is 95.0 Å². The first kappa shape index (κ1) is 19.5. The summed E-state index contributed by atoms with van der Waals surface area (Å²) in [5.74, 6) is 0.303. The van der Waals surface area contributed by atoms with Crippen LogP contribution < -0.4 is 5.32 Å². The molecule has 0 fully saturated rings. The van der Waals surface area contributed by atoms with Gasteiger partial charge in [0.25, 0.3) is 10.0 Å². The second-order valence-electron chi connectivity index (χ2n) is 6.84. The Labute approximate surface area is 175 Å². The van der Waals surface area contributed by atoms with Gasteiger partial charge >= 0.3 is 0 Å². The quantitative estimate of drug-likeness (QED) is 0.649. The van der Waals surface area contributed by atoms with Crippen LogP contribution in [0.5, 0.6) is 0 Å². The summed E-state index contributed by atoms with van der Waals surface area (Å²) in [6.07, 6.45) is 0. The molecule has 3 aromatic carbocycles.